The zero-order chi connectivity index (χ0) is 14.5. The molecule has 1 aromatic rings. The number of primary amides is 1. The Labute approximate surface area is 131 Å². The van der Waals surface area contributed by atoms with Crippen LogP contribution in [0, 0.1) is 5.92 Å². The summed E-state index contributed by atoms with van der Waals surface area (Å²) in [6.07, 6.45) is 4.00. The normalized spacial score (nSPS) is 19.1. The Hall–Kier alpha value is -0.880. The first-order valence-corrected chi connectivity index (χ1v) is 8.48. The quantitative estimate of drug-likeness (QED) is 0.878. The van der Waals surface area contributed by atoms with Crippen molar-refractivity contribution in [3.05, 3.63) is 20.8 Å². The van der Waals surface area contributed by atoms with E-state index in [2.05, 4.69) is 22.0 Å². The van der Waals surface area contributed by atoms with Crippen LogP contribution in [0.25, 0.3) is 0 Å². The van der Waals surface area contributed by atoms with Gasteiger partial charge in [0.25, 0.3) is 0 Å². The Kier molecular flexibility index (Phi) is 5.60. The van der Waals surface area contributed by atoms with Crippen LogP contribution in [0.4, 0.5) is 0 Å². The van der Waals surface area contributed by atoms with Gasteiger partial charge in [-0.15, -0.1) is 11.3 Å². The van der Waals surface area contributed by atoms with Gasteiger partial charge in [0.05, 0.1) is 9.70 Å². The molecule has 1 aliphatic heterocycles. The van der Waals surface area contributed by atoms with Crippen LogP contribution in [0.3, 0.4) is 0 Å². The van der Waals surface area contributed by atoms with E-state index in [1.807, 2.05) is 6.07 Å². The van der Waals surface area contributed by atoms with E-state index in [1.54, 1.807) is 16.2 Å². The van der Waals surface area contributed by atoms with Crippen molar-refractivity contribution in [1.29, 1.82) is 0 Å². The van der Waals surface area contributed by atoms with E-state index in [1.165, 1.54) is 4.88 Å². The summed E-state index contributed by atoms with van der Waals surface area (Å²) >= 11 is 5.15. The fourth-order valence-corrected chi connectivity index (χ4v) is 4.02. The molecule has 2 rings (SSSR count). The zero-order valence-corrected chi connectivity index (χ0v) is 13.7. The minimum atomic E-state index is -0.286. The lowest BCUT2D eigenvalue weighted by atomic mass is 9.97. The van der Waals surface area contributed by atoms with Crippen LogP contribution in [0.1, 0.15) is 30.6 Å². The molecule has 0 aliphatic carbocycles. The lowest BCUT2D eigenvalue weighted by Crippen LogP contribution is -2.44. The van der Waals surface area contributed by atoms with Crippen molar-refractivity contribution in [2.24, 2.45) is 11.7 Å². The number of carbonyl (C=O) groups excluding carboxylic acids is 2. The van der Waals surface area contributed by atoms with Crippen LogP contribution in [-0.4, -0.2) is 29.8 Å². The number of amides is 2. The third-order valence-electron chi connectivity index (χ3n) is 3.62. The molecule has 0 aromatic carbocycles. The highest BCUT2D eigenvalue weighted by Gasteiger charge is 2.26. The van der Waals surface area contributed by atoms with Gasteiger partial charge >= 0.3 is 0 Å². The number of halogens is 1. The van der Waals surface area contributed by atoms with Gasteiger partial charge in [-0.25, -0.2) is 0 Å². The van der Waals surface area contributed by atoms with Crippen molar-refractivity contribution < 1.29 is 9.59 Å². The first-order chi connectivity index (χ1) is 9.56. The van der Waals surface area contributed by atoms with Gasteiger partial charge in [-0.3, -0.25) is 9.59 Å². The molecule has 1 fully saturated rings. The topological polar surface area (TPSA) is 63.4 Å². The highest BCUT2D eigenvalue weighted by molar-refractivity contribution is 9.11. The maximum atomic E-state index is 12.1. The number of likely N-dealkylation sites (tertiary alicyclic amines) is 1. The number of nitrogens with zero attached hydrogens (tertiary/aromatic N) is 1. The fraction of sp³-hybridized carbons (Fsp3) is 0.571. The first-order valence-electron chi connectivity index (χ1n) is 6.87. The van der Waals surface area contributed by atoms with Gasteiger partial charge in [-0.05, 0) is 53.7 Å². The van der Waals surface area contributed by atoms with Gasteiger partial charge in [0.2, 0.25) is 11.8 Å². The number of thiophene rings is 1. The lowest BCUT2D eigenvalue weighted by molar-refractivity contribution is -0.135. The smallest absolute Gasteiger partial charge is 0.222 e. The molecule has 1 saturated heterocycles. The van der Waals surface area contributed by atoms with Crippen molar-refractivity contribution in [3.63, 3.8) is 0 Å². The van der Waals surface area contributed by atoms with E-state index in [0.29, 0.717) is 13.0 Å². The van der Waals surface area contributed by atoms with Gasteiger partial charge < -0.3 is 10.6 Å². The van der Waals surface area contributed by atoms with Gasteiger partial charge in [0.1, 0.15) is 0 Å². The van der Waals surface area contributed by atoms with Gasteiger partial charge in [0.15, 0.2) is 0 Å². The van der Waals surface area contributed by atoms with Crippen molar-refractivity contribution >= 4 is 39.1 Å². The summed E-state index contributed by atoms with van der Waals surface area (Å²) in [6, 6.07) is 4.12. The molecular weight excluding hydrogens is 340 g/mol. The van der Waals surface area contributed by atoms with E-state index in [-0.39, 0.29) is 17.7 Å². The molecule has 2 heterocycles. The molecule has 1 unspecified atom stereocenters. The van der Waals surface area contributed by atoms with Gasteiger partial charge in [-0.2, -0.15) is 0 Å². The molecule has 0 saturated carbocycles. The summed E-state index contributed by atoms with van der Waals surface area (Å²) < 4.78 is 1.12. The number of carbonyl (C=O) groups is 2. The first kappa shape index (κ1) is 15.5. The average molecular weight is 359 g/mol. The molecule has 2 amide bonds. The Balaban J connectivity index is 1.75. The summed E-state index contributed by atoms with van der Waals surface area (Å²) in [5.74, 6) is -0.307. The van der Waals surface area contributed by atoms with Crippen LogP contribution in [-0.2, 0) is 16.0 Å². The Morgan fingerprint density at radius 1 is 1.45 bits per heavy atom. The molecule has 2 N–H and O–H groups in total. The molecule has 1 atom stereocenters. The standard InChI is InChI=1S/C14H19BrN2O2S/c15-12-7-6-11(20-12)4-1-5-13(18)17-8-2-3-10(9-17)14(16)19/h6-7,10H,1-5,8-9H2,(H2,16,19). The Morgan fingerprint density at radius 3 is 2.90 bits per heavy atom. The second kappa shape index (κ2) is 7.22. The predicted octanol–water partition coefficient (Wildman–Crippen LogP) is 2.56. The minimum absolute atomic E-state index is 0.145. The number of aryl methyl sites for hydroxylation is 1. The average Bonchev–Trinajstić information content (AvgIpc) is 2.84. The summed E-state index contributed by atoms with van der Waals surface area (Å²) in [5.41, 5.74) is 5.33. The minimum Gasteiger partial charge on any atom is -0.369 e. The monoisotopic (exact) mass is 358 g/mol. The molecule has 1 aliphatic rings. The number of piperidine rings is 1. The van der Waals surface area contributed by atoms with Crippen LogP contribution < -0.4 is 5.73 Å². The molecule has 110 valence electrons. The molecule has 1 aromatic heterocycles. The number of hydrogen-bond donors (Lipinski definition) is 1. The highest BCUT2D eigenvalue weighted by Crippen LogP contribution is 2.24. The molecule has 0 radical (unpaired) electrons. The number of rotatable bonds is 5. The molecular formula is C14H19BrN2O2S. The van der Waals surface area contributed by atoms with Crippen LogP contribution in [0.5, 0.6) is 0 Å². The van der Waals surface area contributed by atoms with Gasteiger partial charge in [0, 0.05) is 24.4 Å². The summed E-state index contributed by atoms with van der Waals surface area (Å²) in [7, 11) is 0. The number of nitrogens with two attached hydrogens (primary N) is 1. The van der Waals surface area contributed by atoms with Crippen molar-refractivity contribution in [1.82, 2.24) is 4.90 Å². The predicted molar refractivity (Wildman–Crippen MR) is 83.5 cm³/mol. The molecule has 4 nitrogen and oxygen atoms in total. The second-order valence-corrected chi connectivity index (χ2v) is 7.69. The third-order valence-corrected chi connectivity index (χ3v) is 5.30. The maximum absolute atomic E-state index is 12.1. The fourth-order valence-electron chi connectivity index (χ4n) is 2.49. The summed E-state index contributed by atoms with van der Waals surface area (Å²) in [4.78, 5) is 26.4. The van der Waals surface area contributed by atoms with Crippen molar-refractivity contribution in [2.45, 2.75) is 32.1 Å². The highest BCUT2D eigenvalue weighted by atomic mass is 79.9. The number of hydrogen-bond acceptors (Lipinski definition) is 3. The van der Waals surface area contributed by atoms with E-state index >= 15 is 0 Å². The second-order valence-electron chi connectivity index (χ2n) is 5.14. The summed E-state index contributed by atoms with van der Waals surface area (Å²) in [6.45, 7) is 1.26. The Morgan fingerprint density at radius 2 is 2.25 bits per heavy atom. The van der Waals surface area contributed by atoms with E-state index < -0.39 is 0 Å². The molecule has 6 heteroatoms. The van der Waals surface area contributed by atoms with Gasteiger partial charge in [-0.1, -0.05) is 0 Å². The zero-order valence-electron chi connectivity index (χ0n) is 11.3. The largest absolute Gasteiger partial charge is 0.369 e. The Bertz CT molecular complexity index is 489. The van der Waals surface area contributed by atoms with Crippen LogP contribution >= 0.6 is 27.3 Å². The molecule has 20 heavy (non-hydrogen) atoms. The SMILES string of the molecule is NC(=O)C1CCCN(C(=O)CCCc2ccc(Br)s2)C1. The summed E-state index contributed by atoms with van der Waals surface area (Å²) in [5, 5.41) is 0. The molecule has 0 spiro atoms. The third kappa shape index (κ3) is 4.31. The van der Waals surface area contributed by atoms with E-state index in [9.17, 15) is 9.59 Å². The van der Waals surface area contributed by atoms with E-state index in [4.69, 9.17) is 5.73 Å². The van der Waals surface area contributed by atoms with Crippen molar-refractivity contribution in [2.75, 3.05) is 13.1 Å². The van der Waals surface area contributed by atoms with E-state index in [0.717, 1.165) is 36.0 Å². The van der Waals surface area contributed by atoms with Crippen molar-refractivity contribution in [3.8, 4) is 0 Å². The van der Waals surface area contributed by atoms with Crippen LogP contribution in [0.15, 0.2) is 15.9 Å². The maximum Gasteiger partial charge on any atom is 0.222 e. The molecule has 0 bridgehead atoms. The lowest BCUT2D eigenvalue weighted by Gasteiger charge is -2.31. The van der Waals surface area contributed by atoms with Crippen LogP contribution in [0.2, 0.25) is 0 Å².